The van der Waals surface area contributed by atoms with Crippen molar-refractivity contribution in [1.29, 1.82) is 0 Å². The van der Waals surface area contributed by atoms with Crippen LogP contribution in [0.15, 0.2) is 24.5 Å². The summed E-state index contributed by atoms with van der Waals surface area (Å²) in [4.78, 5) is 15.3. The number of carbonyl (C=O) groups is 1. The van der Waals surface area contributed by atoms with E-state index in [1.807, 2.05) is 0 Å². The van der Waals surface area contributed by atoms with E-state index >= 15 is 0 Å². The Morgan fingerprint density at radius 1 is 1.64 bits per heavy atom. The summed E-state index contributed by atoms with van der Waals surface area (Å²) in [5.41, 5.74) is 7.20. The van der Waals surface area contributed by atoms with Crippen LogP contribution in [0.2, 0.25) is 0 Å². The van der Waals surface area contributed by atoms with Crippen molar-refractivity contribution in [2.75, 3.05) is 12.8 Å². The fourth-order valence-corrected chi connectivity index (χ4v) is 1.25. The third-order valence-electron chi connectivity index (χ3n) is 1.93. The normalized spacial score (nSPS) is 10.4. The molecule has 2 N–H and O–H groups in total. The average Bonchev–Trinajstić information content (AvgIpc) is 2.59. The zero-order chi connectivity index (χ0) is 10.1. The number of carbonyl (C=O) groups excluding carboxylic acids is 1. The molecule has 2 rings (SSSR count). The number of pyridine rings is 1. The first kappa shape index (κ1) is 8.55. The quantitative estimate of drug-likeness (QED) is 0.674. The minimum absolute atomic E-state index is 0.391. The van der Waals surface area contributed by atoms with Gasteiger partial charge in [0.2, 0.25) is 0 Å². The minimum Gasteiger partial charge on any atom is -0.464 e. The van der Waals surface area contributed by atoms with Gasteiger partial charge in [0.1, 0.15) is 5.65 Å². The van der Waals surface area contributed by atoms with Crippen LogP contribution >= 0.6 is 0 Å². The van der Waals surface area contributed by atoms with Crippen LogP contribution in [-0.2, 0) is 4.74 Å². The predicted molar refractivity (Wildman–Crippen MR) is 50.9 cm³/mol. The Balaban J connectivity index is 2.64. The van der Waals surface area contributed by atoms with Gasteiger partial charge >= 0.3 is 5.97 Å². The molecule has 0 aliphatic rings. The molecule has 0 unspecified atom stereocenters. The Bertz CT molecular complexity index is 490. The maximum atomic E-state index is 11.3. The summed E-state index contributed by atoms with van der Waals surface area (Å²) >= 11 is 0. The molecule has 0 aromatic carbocycles. The lowest BCUT2D eigenvalue weighted by Gasteiger charge is -1.99. The summed E-state index contributed by atoms with van der Waals surface area (Å²) in [5.74, 6) is -0.415. The van der Waals surface area contributed by atoms with Gasteiger partial charge in [-0.05, 0) is 6.07 Å². The first-order valence-electron chi connectivity index (χ1n) is 4.03. The Kier molecular flexibility index (Phi) is 1.85. The van der Waals surface area contributed by atoms with Gasteiger partial charge in [0.15, 0.2) is 5.69 Å². The van der Waals surface area contributed by atoms with Crippen molar-refractivity contribution < 1.29 is 9.53 Å². The molecule has 0 radical (unpaired) electrons. The van der Waals surface area contributed by atoms with Crippen LogP contribution in [0.4, 0.5) is 5.69 Å². The van der Waals surface area contributed by atoms with E-state index in [0.29, 0.717) is 17.0 Å². The van der Waals surface area contributed by atoms with Crippen LogP contribution in [0.1, 0.15) is 10.5 Å². The second kappa shape index (κ2) is 3.02. The van der Waals surface area contributed by atoms with Gasteiger partial charge in [0.25, 0.3) is 0 Å². The first-order chi connectivity index (χ1) is 6.72. The third kappa shape index (κ3) is 1.19. The average molecular weight is 191 g/mol. The monoisotopic (exact) mass is 191 g/mol. The van der Waals surface area contributed by atoms with Crippen LogP contribution in [0.25, 0.3) is 5.65 Å². The zero-order valence-corrected chi connectivity index (χ0v) is 7.60. The van der Waals surface area contributed by atoms with Crippen LogP contribution in [0.3, 0.4) is 0 Å². The topological polar surface area (TPSA) is 69.6 Å². The van der Waals surface area contributed by atoms with Crippen LogP contribution in [0.5, 0.6) is 0 Å². The smallest absolute Gasteiger partial charge is 0.356 e. The number of nitrogen functional groups attached to an aromatic ring is 1. The van der Waals surface area contributed by atoms with Crippen molar-refractivity contribution in [2.24, 2.45) is 0 Å². The molecule has 5 heteroatoms. The molecule has 72 valence electrons. The lowest BCUT2D eigenvalue weighted by atomic mass is 10.4. The molecule has 0 fully saturated rings. The molecule has 5 nitrogen and oxygen atoms in total. The van der Waals surface area contributed by atoms with E-state index in [1.165, 1.54) is 13.3 Å². The van der Waals surface area contributed by atoms with Gasteiger partial charge in [-0.15, -0.1) is 0 Å². The molecule has 0 aliphatic carbocycles. The van der Waals surface area contributed by atoms with Crippen molar-refractivity contribution in [1.82, 2.24) is 9.38 Å². The number of esters is 1. The summed E-state index contributed by atoms with van der Waals surface area (Å²) in [6.45, 7) is 0. The van der Waals surface area contributed by atoms with Crippen molar-refractivity contribution >= 4 is 17.3 Å². The van der Waals surface area contributed by atoms with Gasteiger partial charge in [0.05, 0.1) is 13.3 Å². The molecule has 0 amide bonds. The summed E-state index contributed by atoms with van der Waals surface area (Å²) < 4.78 is 6.23. The minimum atomic E-state index is -0.415. The highest BCUT2D eigenvalue weighted by molar-refractivity contribution is 5.88. The van der Waals surface area contributed by atoms with Gasteiger partial charge in [-0.2, -0.15) is 0 Å². The molecule has 0 saturated heterocycles. The fraction of sp³-hybridized carbons (Fsp3) is 0.111. The molecular formula is C9H9N3O2. The SMILES string of the molecule is COC(=O)c1cnc2cc(N)ccn12. The van der Waals surface area contributed by atoms with Crippen molar-refractivity contribution in [3.63, 3.8) is 0 Å². The van der Waals surface area contributed by atoms with E-state index < -0.39 is 5.97 Å². The number of ether oxygens (including phenoxy) is 1. The largest absolute Gasteiger partial charge is 0.464 e. The van der Waals surface area contributed by atoms with Crippen molar-refractivity contribution in [3.8, 4) is 0 Å². The number of aromatic nitrogens is 2. The highest BCUT2D eigenvalue weighted by Crippen LogP contribution is 2.10. The van der Waals surface area contributed by atoms with E-state index in [-0.39, 0.29) is 0 Å². The van der Waals surface area contributed by atoms with Crippen molar-refractivity contribution in [3.05, 3.63) is 30.2 Å². The Morgan fingerprint density at radius 3 is 3.14 bits per heavy atom. The maximum Gasteiger partial charge on any atom is 0.356 e. The van der Waals surface area contributed by atoms with Crippen LogP contribution in [-0.4, -0.2) is 22.5 Å². The van der Waals surface area contributed by atoms with Gasteiger partial charge in [-0.25, -0.2) is 9.78 Å². The molecule has 2 heterocycles. The highest BCUT2D eigenvalue weighted by atomic mass is 16.5. The van der Waals surface area contributed by atoms with Crippen LogP contribution in [0, 0.1) is 0 Å². The number of nitrogens with zero attached hydrogens (tertiary/aromatic N) is 2. The van der Waals surface area contributed by atoms with Crippen LogP contribution < -0.4 is 5.73 Å². The molecule has 0 bridgehead atoms. The van der Waals surface area contributed by atoms with Gasteiger partial charge in [0, 0.05) is 18.0 Å². The molecule has 14 heavy (non-hydrogen) atoms. The second-order valence-electron chi connectivity index (χ2n) is 2.82. The molecular weight excluding hydrogens is 182 g/mol. The Labute approximate surface area is 80.1 Å². The first-order valence-corrected chi connectivity index (χ1v) is 4.03. The lowest BCUT2D eigenvalue weighted by molar-refractivity contribution is 0.0593. The van der Waals surface area contributed by atoms with Crippen molar-refractivity contribution in [2.45, 2.75) is 0 Å². The van der Waals surface area contributed by atoms with Gasteiger partial charge in [-0.3, -0.25) is 4.40 Å². The highest BCUT2D eigenvalue weighted by Gasteiger charge is 2.11. The maximum absolute atomic E-state index is 11.3. The van der Waals surface area contributed by atoms with E-state index in [1.54, 1.807) is 22.7 Å². The Morgan fingerprint density at radius 2 is 2.43 bits per heavy atom. The number of anilines is 1. The lowest BCUT2D eigenvalue weighted by Crippen LogP contribution is -2.04. The fourth-order valence-electron chi connectivity index (χ4n) is 1.25. The summed E-state index contributed by atoms with van der Waals surface area (Å²) in [7, 11) is 1.33. The van der Waals surface area contributed by atoms with Gasteiger partial charge < -0.3 is 10.5 Å². The second-order valence-corrected chi connectivity index (χ2v) is 2.82. The molecule has 0 saturated carbocycles. The summed E-state index contributed by atoms with van der Waals surface area (Å²) in [5, 5.41) is 0. The summed E-state index contributed by atoms with van der Waals surface area (Å²) in [6.07, 6.45) is 3.14. The molecule has 0 aliphatic heterocycles. The summed E-state index contributed by atoms with van der Waals surface area (Å²) in [6, 6.07) is 3.38. The molecule has 2 aromatic heterocycles. The standard InChI is InChI=1S/C9H9N3O2/c1-14-9(13)7-5-11-8-4-6(10)2-3-12(7)8/h2-5H,10H2,1H3. The number of hydrogen-bond donors (Lipinski definition) is 1. The predicted octanol–water partition coefficient (Wildman–Crippen LogP) is 0.703. The van der Waals surface area contributed by atoms with Gasteiger partial charge in [-0.1, -0.05) is 0 Å². The van der Waals surface area contributed by atoms with E-state index in [4.69, 9.17) is 5.73 Å². The number of nitrogens with two attached hydrogens (primary N) is 1. The van der Waals surface area contributed by atoms with E-state index in [0.717, 1.165) is 0 Å². The number of imidazole rings is 1. The number of hydrogen-bond acceptors (Lipinski definition) is 4. The molecule has 2 aromatic rings. The third-order valence-corrected chi connectivity index (χ3v) is 1.93. The van der Waals surface area contributed by atoms with E-state index in [2.05, 4.69) is 9.72 Å². The molecule has 0 spiro atoms. The number of fused-ring (bicyclic) bond motifs is 1. The number of methoxy groups -OCH3 is 1. The van der Waals surface area contributed by atoms with E-state index in [9.17, 15) is 4.79 Å². The zero-order valence-electron chi connectivity index (χ0n) is 7.60. The molecule has 0 atom stereocenters. The number of rotatable bonds is 1. The Hall–Kier alpha value is -2.04.